The monoisotopic (exact) mass is 336 g/mol. The molecule has 1 aromatic heterocycles. The van der Waals surface area contributed by atoms with Crippen molar-refractivity contribution in [2.24, 2.45) is 0 Å². The minimum atomic E-state index is -3.44. The van der Waals surface area contributed by atoms with Crippen molar-refractivity contribution in [3.8, 4) is 5.75 Å². The van der Waals surface area contributed by atoms with E-state index in [2.05, 4.69) is 10.1 Å². The Morgan fingerprint density at radius 1 is 1.30 bits per heavy atom. The van der Waals surface area contributed by atoms with Crippen molar-refractivity contribution >= 4 is 15.7 Å². The van der Waals surface area contributed by atoms with Crippen LogP contribution in [-0.2, 0) is 21.2 Å². The summed E-state index contributed by atoms with van der Waals surface area (Å²) in [5, 5.41) is 3.28. The molecule has 1 fully saturated rings. The van der Waals surface area contributed by atoms with Gasteiger partial charge in [0, 0.05) is 13.1 Å². The third-order valence-electron chi connectivity index (χ3n) is 3.79. The SMILES string of the molecule is COc1ccc(S(=O)(=O)C2CN(C(=O)Cn3cncn3)C2)cc1. The smallest absolute Gasteiger partial charge is 0.244 e. The van der Waals surface area contributed by atoms with Crippen LogP contribution in [0.25, 0.3) is 0 Å². The van der Waals surface area contributed by atoms with E-state index in [1.54, 1.807) is 12.1 Å². The van der Waals surface area contributed by atoms with E-state index in [1.165, 1.54) is 41.5 Å². The summed E-state index contributed by atoms with van der Waals surface area (Å²) in [5.41, 5.74) is 0. The molecule has 122 valence electrons. The Morgan fingerprint density at radius 2 is 2.00 bits per heavy atom. The molecule has 0 unspecified atom stereocenters. The summed E-state index contributed by atoms with van der Waals surface area (Å²) >= 11 is 0. The van der Waals surface area contributed by atoms with Crippen LogP contribution in [0.2, 0.25) is 0 Å². The topological polar surface area (TPSA) is 94.4 Å². The number of methoxy groups -OCH3 is 1. The van der Waals surface area contributed by atoms with Gasteiger partial charge in [-0.15, -0.1) is 0 Å². The highest BCUT2D eigenvalue weighted by Gasteiger charge is 2.40. The molecule has 0 atom stereocenters. The molecule has 3 rings (SSSR count). The highest BCUT2D eigenvalue weighted by atomic mass is 32.2. The molecule has 8 nitrogen and oxygen atoms in total. The minimum Gasteiger partial charge on any atom is -0.497 e. The second kappa shape index (κ2) is 5.99. The Balaban J connectivity index is 1.62. The average molecular weight is 336 g/mol. The van der Waals surface area contributed by atoms with Crippen LogP contribution < -0.4 is 4.74 Å². The van der Waals surface area contributed by atoms with Crippen LogP contribution >= 0.6 is 0 Å². The molecule has 0 bridgehead atoms. The molecular formula is C14H16N4O4S. The number of nitrogens with zero attached hydrogens (tertiary/aromatic N) is 4. The Bertz CT molecular complexity index is 781. The first kappa shape index (κ1) is 15.5. The van der Waals surface area contributed by atoms with E-state index in [4.69, 9.17) is 4.74 Å². The summed E-state index contributed by atoms with van der Waals surface area (Å²) in [4.78, 5) is 17.5. The number of aromatic nitrogens is 3. The summed E-state index contributed by atoms with van der Waals surface area (Å²) < 4.78 is 31.4. The molecule has 2 aromatic rings. The summed E-state index contributed by atoms with van der Waals surface area (Å²) in [6, 6.07) is 6.26. The highest BCUT2D eigenvalue weighted by Crippen LogP contribution is 2.25. The maximum absolute atomic E-state index is 12.5. The lowest BCUT2D eigenvalue weighted by molar-refractivity contribution is -0.135. The van der Waals surface area contributed by atoms with Gasteiger partial charge < -0.3 is 9.64 Å². The van der Waals surface area contributed by atoms with Crippen LogP contribution in [-0.4, -0.2) is 59.4 Å². The van der Waals surface area contributed by atoms with E-state index < -0.39 is 15.1 Å². The normalized spacial score (nSPS) is 15.3. The van der Waals surface area contributed by atoms with Crippen LogP contribution in [0.1, 0.15) is 0 Å². The number of hydrogen-bond donors (Lipinski definition) is 0. The minimum absolute atomic E-state index is 0.0648. The van der Waals surface area contributed by atoms with Gasteiger partial charge >= 0.3 is 0 Å². The zero-order valence-corrected chi connectivity index (χ0v) is 13.3. The summed E-state index contributed by atoms with van der Waals surface area (Å²) in [6.07, 6.45) is 2.80. The van der Waals surface area contributed by atoms with Crippen LogP contribution in [0.4, 0.5) is 0 Å². The van der Waals surface area contributed by atoms with E-state index >= 15 is 0 Å². The van der Waals surface area contributed by atoms with Crippen LogP contribution in [0.3, 0.4) is 0 Å². The van der Waals surface area contributed by atoms with Crippen LogP contribution in [0.15, 0.2) is 41.8 Å². The Labute approximate surface area is 133 Å². The number of benzene rings is 1. The van der Waals surface area contributed by atoms with Crippen molar-refractivity contribution < 1.29 is 17.9 Å². The maximum atomic E-state index is 12.5. The first-order chi connectivity index (χ1) is 11.0. The Morgan fingerprint density at radius 3 is 2.57 bits per heavy atom. The predicted octanol–water partition coefficient (Wildman–Crippen LogP) is -0.0286. The van der Waals surface area contributed by atoms with Gasteiger partial charge in [0.2, 0.25) is 5.91 Å². The highest BCUT2D eigenvalue weighted by molar-refractivity contribution is 7.92. The largest absolute Gasteiger partial charge is 0.497 e. The van der Waals surface area contributed by atoms with Gasteiger partial charge in [0.05, 0.1) is 12.0 Å². The van der Waals surface area contributed by atoms with Gasteiger partial charge in [-0.05, 0) is 24.3 Å². The fourth-order valence-corrected chi connectivity index (χ4v) is 4.00. The fourth-order valence-electron chi connectivity index (χ4n) is 2.35. The average Bonchev–Trinajstić information content (AvgIpc) is 2.98. The van der Waals surface area contributed by atoms with Gasteiger partial charge in [0.1, 0.15) is 30.2 Å². The van der Waals surface area contributed by atoms with Gasteiger partial charge in [-0.25, -0.2) is 18.1 Å². The lowest BCUT2D eigenvalue weighted by Crippen LogP contribution is -2.57. The molecule has 23 heavy (non-hydrogen) atoms. The zero-order valence-electron chi connectivity index (χ0n) is 12.5. The van der Waals surface area contributed by atoms with Gasteiger partial charge in [-0.2, -0.15) is 5.10 Å². The molecule has 0 saturated carbocycles. The third kappa shape index (κ3) is 3.04. The number of sulfone groups is 1. The second-order valence-electron chi connectivity index (χ2n) is 5.23. The Kier molecular flexibility index (Phi) is 4.03. The molecule has 0 aliphatic carbocycles. The van der Waals surface area contributed by atoms with Gasteiger partial charge in [0.25, 0.3) is 0 Å². The molecular weight excluding hydrogens is 320 g/mol. The summed E-state index contributed by atoms with van der Waals surface area (Å²) in [6.45, 7) is 0.457. The van der Waals surface area contributed by atoms with Gasteiger partial charge in [-0.3, -0.25) is 4.79 Å². The third-order valence-corrected chi connectivity index (χ3v) is 5.90. The lowest BCUT2D eigenvalue weighted by atomic mass is 10.2. The van der Waals surface area contributed by atoms with Crippen molar-refractivity contribution in [2.75, 3.05) is 20.2 Å². The maximum Gasteiger partial charge on any atom is 0.244 e. The summed E-state index contributed by atoms with van der Waals surface area (Å²) in [7, 11) is -1.92. The number of hydrogen-bond acceptors (Lipinski definition) is 6. The van der Waals surface area contributed by atoms with E-state index in [1.807, 2.05) is 0 Å². The first-order valence-corrected chi connectivity index (χ1v) is 8.53. The quantitative estimate of drug-likeness (QED) is 0.761. The van der Waals surface area contributed by atoms with E-state index in [0.29, 0.717) is 5.75 Å². The van der Waals surface area contributed by atoms with Crippen molar-refractivity contribution in [2.45, 2.75) is 16.7 Å². The van der Waals surface area contributed by atoms with Crippen LogP contribution in [0, 0.1) is 0 Å². The number of amides is 1. The summed E-state index contributed by atoms with van der Waals surface area (Å²) in [5.74, 6) is 0.430. The molecule has 0 N–H and O–H groups in total. The number of ether oxygens (including phenoxy) is 1. The second-order valence-corrected chi connectivity index (χ2v) is 7.46. The van der Waals surface area contributed by atoms with Gasteiger partial charge in [0.15, 0.2) is 9.84 Å². The number of rotatable bonds is 5. The molecule has 0 spiro atoms. The fraction of sp³-hybridized carbons (Fsp3) is 0.357. The number of likely N-dealkylation sites (tertiary alicyclic amines) is 1. The first-order valence-electron chi connectivity index (χ1n) is 6.99. The van der Waals surface area contributed by atoms with Crippen molar-refractivity contribution in [3.63, 3.8) is 0 Å². The predicted molar refractivity (Wildman–Crippen MR) is 80.6 cm³/mol. The molecule has 1 amide bonds. The molecule has 9 heteroatoms. The van der Waals surface area contributed by atoms with E-state index in [-0.39, 0.29) is 30.4 Å². The standard InChI is InChI=1S/C14H16N4O4S/c1-22-11-2-4-12(5-3-11)23(20,21)13-6-17(7-13)14(19)8-18-10-15-9-16-18/h2-5,9-10,13H,6-8H2,1H3. The van der Waals surface area contributed by atoms with E-state index in [0.717, 1.165) is 0 Å². The van der Waals surface area contributed by atoms with Gasteiger partial charge in [-0.1, -0.05) is 0 Å². The molecule has 1 aliphatic heterocycles. The van der Waals surface area contributed by atoms with Crippen molar-refractivity contribution in [1.82, 2.24) is 19.7 Å². The lowest BCUT2D eigenvalue weighted by Gasteiger charge is -2.38. The molecule has 1 aliphatic rings. The van der Waals surface area contributed by atoms with E-state index in [9.17, 15) is 13.2 Å². The molecule has 0 radical (unpaired) electrons. The number of carbonyl (C=O) groups excluding carboxylic acids is 1. The van der Waals surface area contributed by atoms with Crippen molar-refractivity contribution in [1.29, 1.82) is 0 Å². The molecule has 1 saturated heterocycles. The number of carbonyl (C=O) groups is 1. The van der Waals surface area contributed by atoms with Crippen molar-refractivity contribution in [3.05, 3.63) is 36.9 Å². The Hall–Kier alpha value is -2.42. The zero-order chi connectivity index (χ0) is 16.4. The van der Waals surface area contributed by atoms with Crippen LogP contribution in [0.5, 0.6) is 5.75 Å². The molecule has 1 aromatic carbocycles. The molecule has 2 heterocycles.